The van der Waals surface area contributed by atoms with Crippen molar-refractivity contribution in [1.29, 1.82) is 0 Å². The Labute approximate surface area is 187 Å². The van der Waals surface area contributed by atoms with Crippen LogP contribution < -0.4 is 14.8 Å². The Hall–Kier alpha value is -2.93. The van der Waals surface area contributed by atoms with Gasteiger partial charge in [0.05, 0.1) is 30.2 Å². The highest BCUT2D eigenvalue weighted by Gasteiger charge is 2.14. The normalized spacial score (nSPS) is 10.7. The maximum atomic E-state index is 13.0. The van der Waals surface area contributed by atoms with Gasteiger partial charge < -0.3 is 19.3 Å². The van der Waals surface area contributed by atoms with Crippen LogP contribution in [-0.2, 0) is 5.75 Å². The monoisotopic (exact) mass is 440 g/mol. The molecule has 6 nitrogen and oxygen atoms in total. The minimum atomic E-state index is -0.180. The minimum absolute atomic E-state index is 0.180. The summed E-state index contributed by atoms with van der Waals surface area (Å²) in [6.07, 6.45) is 1.80. The zero-order valence-corrected chi connectivity index (χ0v) is 19.0. The molecule has 164 valence electrons. The third-order valence-corrected chi connectivity index (χ3v) is 5.40. The molecule has 0 aliphatic heterocycles. The Kier molecular flexibility index (Phi) is 8.41. The number of carbonyl (C=O) groups excluding carboxylic acids is 1. The molecule has 0 saturated carbocycles. The van der Waals surface area contributed by atoms with E-state index in [0.717, 1.165) is 29.2 Å². The van der Waals surface area contributed by atoms with Crippen molar-refractivity contribution < 1.29 is 18.8 Å². The first-order valence-electron chi connectivity index (χ1n) is 10.5. The number of amides is 1. The summed E-state index contributed by atoms with van der Waals surface area (Å²) in [6.45, 7) is 7.19. The zero-order valence-electron chi connectivity index (χ0n) is 18.1. The smallest absolute Gasteiger partial charge is 0.256 e. The molecule has 31 heavy (non-hydrogen) atoms. The second-order valence-electron chi connectivity index (χ2n) is 7.03. The van der Waals surface area contributed by atoms with E-state index in [2.05, 4.69) is 17.4 Å². The molecule has 0 atom stereocenters. The van der Waals surface area contributed by atoms with Gasteiger partial charge >= 0.3 is 0 Å². The number of carbonyl (C=O) groups is 1. The zero-order chi connectivity index (χ0) is 22.1. The van der Waals surface area contributed by atoms with Crippen LogP contribution >= 0.6 is 11.8 Å². The summed E-state index contributed by atoms with van der Waals surface area (Å²) < 4.78 is 16.9. The van der Waals surface area contributed by atoms with Crippen molar-refractivity contribution >= 4 is 23.4 Å². The van der Waals surface area contributed by atoms with Gasteiger partial charge in [0.1, 0.15) is 5.76 Å². The van der Waals surface area contributed by atoms with Crippen LogP contribution in [-0.4, -0.2) is 24.3 Å². The topological polar surface area (TPSA) is 73.6 Å². The largest absolute Gasteiger partial charge is 0.490 e. The quantitative estimate of drug-likeness (QED) is 0.363. The van der Waals surface area contributed by atoms with Gasteiger partial charge in [-0.3, -0.25) is 4.79 Å². The molecule has 7 heteroatoms. The van der Waals surface area contributed by atoms with E-state index in [4.69, 9.17) is 14.0 Å². The first-order chi connectivity index (χ1) is 15.1. The predicted molar refractivity (Wildman–Crippen MR) is 123 cm³/mol. The number of aromatic nitrogens is 1. The minimum Gasteiger partial charge on any atom is -0.490 e. The molecule has 3 rings (SSSR count). The Balaban J connectivity index is 1.73. The number of thioether (sulfide) groups is 1. The number of nitrogens with one attached hydrogen (secondary N) is 1. The molecule has 0 saturated heterocycles. The molecule has 3 aromatic rings. The number of aryl methyl sites for hydroxylation is 1. The molecule has 0 radical (unpaired) electrons. The van der Waals surface area contributed by atoms with Crippen LogP contribution in [0.5, 0.6) is 11.5 Å². The fraction of sp³-hybridized carbons (Fsp3) is 0.333. The summed E-state index contributed by atoms with van der Waals surface area (Å²) in [5, 5.41) is 6.89. The number of anilines is 1. The van der Waals surface area contributed by atoms with Crippen LogP contribution in [0.2, 0.25) is 0 Å². The van der Waals surface area contributed by atoms with E-state index in [0.29, 0.717) is 41.7 Å². The first kappa shape index (κ1) is 22.7. The first-order valence-corrected chi connectivity index (χ1v) is 11.4. The van der Waals surface area contributed by atoms with E-state index in [-0.39, 0.29) is 5.91 Å². The Morgan fingerprint density at radius 3 is 2.48 bits per heavy atom. The van der Waals surface area contributed by atoms with Crippen molar-refractivity contribution in [2.45, 2.75) is 44.3 Å². The van der Waals surface area contributed by atoms with Crippen LogP contribution in [0.3, 0.4) is 0 Å². The fourth-order valence-electron chi connectivity index (χ4n) is 2.85. The van der Waals surface area contributed by atoms with Gasteiger partial charge in [-0.1, -0.05) is 31.1 Å². The second kappa shape index (κ2) is 11.5. The average Bonchev–Trinajstić information content (AvgIpc) is 3.20. The van der Waals surface area contributed by atoms with E-state index >= 15 is 0 Å². The van der Waals surface area contributed by atoms with E-state index < -0.39 is 0 Å². The van der Waals surface area contributed by atoms with E-state index in [1.54, 1.807) is 0 Å². The molecule has 0 unspecified atom stereocenters. The van der Waals surface area contributed by atoms with Crippen molar-refractivity contribution in [3.05, 3.63) is 65.5 Å². The van der Waals surface area contributed by atoms with Gasteiger partial charge in [-0.05, 0) is 44.0 Å². The van der Waals surface area contributed by atoms with Crippen molar-refractivity contribution in [3.63, 3.8) is 0 Å². The molecule has 0 spiro atoms. The molecule has 0 fully saturated rings. The van der Waals surface area contributed by atoms with Crippen molar-refractivity contribution in [2.24, 2.45) is 0 Å². The third-order valence-electron chi connectivity index (χ3n) is 4.30. The van der Waals surface area contributed by atoms with E-state index in [9.17, 15) is 4.79 Å². The average molecular weight is 441 g/mol. The third kappa shape index (κ3) is 6.52. The van der Waals surface area contributed by atoms with Gasteiger partial charge in [0, 0.05) is 22.7 Å². The highest BCUT2D eigenvalue weighted by molar-refractivity contribution is 7.98. The number of hydrogen-bond acceptors (Lipinski definition) is 6. The summed E-state index contributed by atoms with van der Waals surface area (Å²) in [5.41, 5.74) is 2.10. The highest BCUT2D eigenvalue weighted by Crippen LogP contribution is 2.32. The number of ether oxygens (including phenoxy) is 2. The van der Waals surface area contributed by atoms with Gasteiger partial charge in [-0.25, -0.2) is 0 Å². The summed E-state index contributed by atoms with van der Waals surface area (Å²) in [6, 6.07) is 14.9. The summed E-state index contributed by atoms with van der Waals surface area (Å²) in [7, 11) is 0. The number of benzene rings is 2. The lowest BCUT2D eigenvalue weighted by Crippen LogP contribution is -2.13. The van der Waals surface area contributed by atoms with E-state index in [1.807, 2.05) is 62.4 Å². The maximum absolute atomic E-state index is 13.0. The molecule has 1 aromatic heterocycles. The summed E-state index contributed by atoms with van der Waals surface area (Å²) >= 11 is 1.54. The number of nitrogens with zero attached hydrogens (tertiary/aromatic N) is 1. The molecule has 1 amide bonds. The Bertz CT molecular complexity index is 1000. The molecule has 0 aliphatic rings. The number of hydrogen-bond donors (Lipinski definition) is 1. The van der Waals surface area contributed by atoms with Crippen molar-refractivity contribution in [3.8, 4) is 11.5 Å². The van der Waals surface area contributed by atoms with Crippen molar-refractivity contribution in [2.75, 3.05) is 18.5 Å². The molecule has 0 bridgehead atoms. The fourth-order valence-corrected chi connectivity index (χ4v) is 3.78. The van der Waals surface area contributed by atoms with Crippen LogP contribution in [0.4, 0.5) is 5.69 Å². The van der Waals surface area contributed by atoms with Gasteiger partial charge in [-0.2, -0.15) is 0 Å². The lowest BCUT2D eigenvalue weighted by molar-refractivity contribution is 0.102. The van der Waals surface area contributed by atoms with E-state index in [1.165, 1.54) is 11.8 Å². The second-order valence-corrected chi connectivity index (χ2v) is 8.05. The van der Waals surface area contributed by atoms with Crippen LogP contribution in [0, 0.1) is 6.92 Å². The highest BCUT2D eigenvalue weighted by atomic mass is 32.2. The lowest BCUT2D eigenvalue weighted by atomic mass is 10.2. The molecule has 2 aromatic carbocycles. The van der Waals surface area contributed by atoms with Gasteiger partial charge in [-0.15, -0.1) is 11.8 Å². The standard InChI is InChI=1S/C24H28N2O4S/c1-4-12-28-21-11-10-18(15-22(21)29-13-5-2)25-24(27)20-8-6-7-9-23(20)31-16-19-14-17(3)26-30-19/h6-11,14-15H,4-5,12-13,16H2,1-3H3,(H,25,27). The van der Waals surface area contributed by atoms with Crippen molar-refractivity contribution in [1.82, 2.24) is 5.16 Å². The molecular formula is C24H28N2O4S. The van der Waals surface area contributed by atoms with Gasteiger partial charge in [0.2, 0.25) is 0 Å². The van der Waals surface area contributed by atoms with Crippen LogP contribution in [0.1, 0.15) is 48.5 Å². The SMILES string of the molecule is CCCOc1ccc(NC(=O)c2ccccc2SCc2cc(C)no2)cc1OCCC. The summed E-state index contributed by atoms with van der Waals surface area (Å²) in [5.74, 6) is 2.52. The molecular weight excluding hydrogens is 412 g/mol. The van der Waals surface area contributed by atoms with Gasteiger partial charge in [0.25, 0.3) is 5.91 Å². The maximum Gasteiger partial charge on any atom is 0.256 e. The Morgan fingerprint density at radius 2 is 1.77 bits per heavy atom. The summed E-state index contributed by atoms with van der Waals surface area (Å²) in [4.78, 5) is 13.9. The van der Waals surface area contributed by atoms with Crippen LogP contribution in [0.25, 0.3) is 0 Å². The number of rotatable bonds is 11. The van der Waals surface area contributed by atoms with Gasteiger partial charge in [0.15, 0.2) is 11.5 Å². The Morgan fingerprint density at radius 1 is 1.03 bits per heavy atom. The molecule has 1 heterocycles. The molecule has 1 N–H and O–H groups in total. The van der Waals surface area contributed by atoms with Crippen LogP contribution in [0.15, 0.2) is 57.9 Å². The lowest BCUT2D eigenvalue weighted by Gasteiger charge is -2.14. The molecule has 0 aliphatic carbocycles. The predicted octanol–water partition coefficient (Wildman–Crippen LogP) is 6.11.